The van der Waals surface area contributed by atoms with Crippen molar-refractivity contribution in [3.63, 3.8) is 0 Å². The summed E-state index contributed by atoms with van der Waals surface area (Å²) in [4.78, 5) is 6.77. The van der Waals surface area contributed by atoms with Gasteiger partial charge < -0.3 is 10.2 Å². The highest BCUT2D eigenvalue weighted by molar-refractivity contribution is 5.45. The van der Waals surface area contributed by atoms with E-state index in [0.717, 1.165) is 30.9 Å². The van der Waals surface area contributed by atoms with Gasteiger partial charge in [0.15, 0.2) is 0 Å². The SMILES string of the molecule is C=CCN(CC)c1ccc(C(CC)NC)nc1. The van der Waals surface area contributed by atoms with Crippen LogP contribution in [0.5, 0.6) is 0 Å². The van der Waals surface area contributed by atoms with Crippen LogP contribution in [0, 0.1) is 0 Å². The van der Waals surface area contributed by atoms with E-state index in [4.69, 9.17) is 0 Å². The second kappa shape index (κ2) is 7.07. The molecule has 94 valence electrons. The van der Waals surface area contributed by atoms with Gasteiger partial charge in [0.05, 0.1) is 17.6 Å². The number of nitrogens with one attached hydrogen (secondary N) is 1. The van der Waals surface area contributed by atoms with Crippen LogP contribution in [0.15, 0.2) is 31.0 Å². The Labute approximate surface area is 105 Å². The van der Waals surface area contributed by atoms with E-state index in [0.29, 0.717) is 6.04 Å². The van der Waals surface area contributed by atoms with Gasteiger partial charge in [-0.2, -0.15) is 0 Å². The summed E-state index contributed by atoms with van der Waals surface area (Å²) < 4.78 is 0. The molecule has 0 amide bonds. The summed E-state index contributed by atoms with van der Waals surface area (Å²) in [5, 5.41) is 3.26. The Morgan fingerprint density at radius 3 is 2.65 bits per heavy atom. The van der Waals surface area contributed by atoms with Crippen molar-refractivity contribution in [3.05, 3.63) is 36.7 Å². The second-order valence-electron chi connectivity index (χ2n) is 4.02. The van der Waals surface area contributed by atoms with Crippen LogP contribution in [0.4, 0.5) is 5.69 Å². The van der Waals surface area contributed by atoms with Gasteiger partial charge in [0.1, 0.15) is 0 Å². The summed E-state index contributed by atoms with van der Waals surface area (Å²) in [6.07, 6.45) is 4.91. The zero-order valence-corrected chi connectivity index (χ0v) is 11.1. The van der Waals surface area contributed by atoms with E-state index in [2.05, 4.69) is 47.8 Å². The molecule has 1 atom stereocenters. The lowest BCUT2D eigenvalue weighted by Crippen LogP contribution is -2.23. The van der Waals surface area contributed by atoms with E-state index in [1.165, 1.54) is 0 Å². The Balaban J connectivity index is 2.82. The van der Waals surface area contributed by atoms with Gasteiger partial charge in [-0.3, -0.25) is 4.98 Å². The van der Waals surface area contributed by atoms with E-state index in [9.17, 15) is 0 Å². The zero-order valence-electron chi connectivity index (χ0n) is 11.1. The topological polar surface area (TPSA) is 28.2 Å². The Kier molecular flexibility index (Phi) is 5.70. The molecule has 1 aromatic heterocycles. The van der Waals surface area contributed by atoms with Crippen molar-refractivity contribution in [2.24, 2.45) is 0 Å². The molecule has 0 saturated heterocycles. The number of hydrogen-bond acceptors (Lipinski definition) is 3. The van der Waals surface area contributed by atoms with Gasteiger partial charge in [0, 0.05) is 19.1 Å². The average molecular weight is 233 g/mol. The van der Waals surface area contributed by atoms with E-state index >= 15 is 0 Å². The minimum absolute atomic E-state index is 0.346. The normalized spacial score (nSPS) is 12.2. The van der Waals surface area contributed by atoms with E-state index in [1.807, 2.05) is 19.3 Å². The van der Waals surface area contributed by atoms with Crippen molar-refractivity contribution in [1.82, 2.24) is 10.3 Å². The Bertz CT molecular complexity index is 328. The first-order chi connectivity index (χ1) is 8.26. The molecule has 1 aromatic rings. The standard InChI is InChI=1S/C14H23N3/c1-5-10-17(7-3)12-8-9-14(16-11-12)13(6-2)15-4/h5,8-9,11,13,15H,1,6-7,10H2,2-4H3. The molecule has 1 heterocycles. The van der Waals surface area contributed by atoms with Crippen molar-refractivity contribution >= 4 is 5.69 Å². The lowest BCUT2D eigenvalue weighted by Gasteiger charge is -2.21. The molecule has 3 heteroatoms. The minimum atomic E-state index is 0.346. The lowest BCUT2D eigenvalue weighted by atomic mass is 10.1. The van der Waals surface area contributed by atoms with E-state index in [1.54, 1.807) is 0 Å². The molecule has 0 saturated carbocycles. The average Bonchev–Trinajstić information content (AvgIpc) is 2.38. The maximum atomic E-state index is 4.53. The van der Waals surface area contributed by atoms with Crippen LogP contribution in [0.2, 0.25) is 0 Å². The van der Waals surface area contributed by atoms with Gasteiger partial charge in [-0.15, -0.1) is 6.58 Å². The fourth-order valence-corrected chi connectivity index (χ4v) is 1.92. The molecular formula is C14H23N3. The summed E-state index contributed by atoms with van der Waals surface area (Å²) >= 11 is 0. The maximum Gasteiger partial charge on any atom is 0.0574 e. The molecule has 0 spiro atoms. The van der Waals surface area contributed by atoms with Crippen molar-refractivity contribution in [1.29, 1.82) is 0 Å². The first kappa shape index (κ1) is 13.7. The van der Waals surface area contributed by atoms with E-state index in [-0.39, 0.29) is 0 Å². The number of rotatable bonds is 7. The summed E-state index contributed by atoms with van der Waals surface area (Å²) in [5.74, 6) is 0. The van der Waals surface area contributed by atoms with Gasteiger partial charge in [-0.05, 0) is 32.5 Å². The zero-order chi connectivity index (χ0) is 12.7. The number of pyridine rings is 1. The third kappa shape index (κ3) is 3.56. The molecule has 0 bridgehead atoms. The van der Waals surface area contributed by atoms with Crippen molar-refractivity contribution in [2.75, 3.05) is 25.0 Å². The summed E-state index contributed by atoms with van der Waals surface area (Å²) in [6.45, 7) is 9.90. The third-order valence-corrected chi connectivity index (χ3v) is 2.98. The maximum absolute atomic E-state index is 4.53. The molecule has 3 nitrogen and oxygen atoms in total. The quantitative estimate of drug-likeness (QED) is 0.734. The number of likely N-dealkylation sites (N-methyl/N-ethyl adjacent to an activating group) is 1. The molecule has 0 aliphatic heterocycles. The Morgan fingerprint density at radius 1 is 1.47 bits per heavy atom. The van der Waals surface area contributed by atoms with Crippen LogP contribution in [0.3, 0.4) is 0 Å². The molecule has 0 aliphatic rings. The lowest BCUT2D eigenvalue weighted by molar-refractivity contribution is 0.561. The Morgan fingerprint density at radius 2 is 2.24 bits per heavy atom. The molecule has 1 N–H and O–H groups in total. The van der Waals surface area contributed by atoms with E-state index < -0.39 is 0 Å². The number of nitrogens with zero attached hydrogens (tertiary/aromatic N) is 2. The van der Waals surface area contributed by atoms with Crippen LogP contribution in [0.1, 0.15) is 32.0 Å². The van der Waals surface area contributed by atoms with Crippen LogP contribution < -0.4 is 10.2 Å². The van der Waals surface area contributed by atoms with Crippen LogP contribution in [0.25, 0.3) is 0 Å². The third-order valence-electron chi connectivity index (χ3n) is 2.98. The first-order valence-electron chi connectivity index (χ1n) is 6.25. The van der Waals surface area contributed by atoms with Gasteiger partial charge in [0.25, 0.3) is 0 Å². The minimum Gasteiger partial charge on any atom is -0.367 e. The summed E-state index contributed by atoms with van der Waals surface area (Å²) in [5.41, 5.74) is 2.26. The smallest absolute Gasteiger partial charge is 0.0574 e. The molecular weight excluding hydrogens is 210 g/mol. The molecule has 0 aromatic carbocycles. The van der Waals surface area contributed by atoms with Crippen molar-refractivity contribution in [2.45, 2.75) is 26.3 Å². The highest BCUT2D eigenvalue weighted by atomic mass is 15.1. The predicted octanol–water partition coefficient (Wildman–Crippen LogP) is 2.76. The molecule has 0 aliphatic carbocycles. The van der Waals surface area contributed by atoms with Crippen LogP contribution in [-0.4, -0.2) is 25.1 Å². The van der Waals surface area contributed by atoms with Crippen molar-refractivity contribution < 1.29 is 0 Å². The highest BCUT2D eigenvalue weighted by Gasteiger charge is 2.09. The number of anilines is 1. The summed E-state index contributed by atoms with van der Waals surface area (Å²) in [7, 11) is 1.97. The van der Waals surface area contributed by atoms with Crippen molar-refractivity contribution in [3.8, 4) is 0 Å². The van der Waals surface area contributed by atoms with Crippen LogP contribution >= 0.6 is 0 Å². The van der Waals surface area contributed by atoms with Gasteiger partial charge in [-0.25, -0.2) is 0 Å². The molecule has 1 unspecified atom stereocenters. The Hall–Kier alpha value is -1.35. The molecule has 0 fully saturated rings. The van der Waals surface area contributed by atoms with Gasteiger partial charge in [0.2, 0.25) is 0 Å². The summed E-state index contributed by atoms with van der Waals surface area (Å²) in [6, 6.07) is 4.58. The van der Waals surface area contributed by atoms with Crippen LogP contribution in [-0.2, 0) is 0 Å². The molecule has 1 rings (SSSR count). The number of aromatic nitrogens is 1. The first-order valence-corrected chi connectivity index (χ1v) is 6.25. The fourth-order valence-electron chi connectivity index (χ4n) is 1.92. The molecule has 0 radical (unpaired) electrons. The van der Waals surface area contributed by atoms with Gasteiger partial charge in [-0.1, -0.05) is 13.0 Å². The number of hydrogen-bond donors (Lipinski definition) is 1. The predicted molar refractivity (Wildman–Crippen MR) is 74.4 cm³/mol. The highest BCUT2D eigenvalue weighted by Crippen LogP contribution is 2.18. The monoisotopic (exact) mass is 233 g/mol. The fraction of sp³-hybridized carbons (Fsp3) is 0.500. The molecule has 17 heavy (non-hydrogen) atoms. The largest absolute Gasteiger partial charge is 0.367 e. The second-order valence-corrected chi connectivity index (χ2v) is 4.02. The van der Waals surface area contributed by atoms with Gasteiger partial charge >= 0.3 is 0 Å².